The summed E-state index contributed by atoms with van der Waals surface area (Å²) in [6, 6.07) is 17.1. The summed E-state index contributed by atoms with van der Waals surface area (Å²) < 4.78 is 8.75. The van der Waals surface area contributed by atoms with Gasteiger partial charge in [0.2, 0.25) is 5.43 Å². The van der Waals surface area contributed by atoms with Crippen molar-refractivity contribution in [3.63, 3.8) is 0 Å². The zero-order chi connectivity index (χ0) is 24.1. The van der Waals surface area contributed by atoms with E-state index in [2.05, 4.69) is 10.2 Å². The first kappa shape index (κ1) is 23.2. The summed E-state index contributed by atoms with van der Waals surface area (Å²) in [6.07, 6.45) is 6.02. The summed E-state index contributed by atoms with van der Waals surface area (Å²) in [7, 11) is 1.88. The number of ether oxygens (including phenoxy) is 1. The van der Waals surface area contributed by atoms with Crippen molar-refractivity contribution in [3.05, 3.63) is 100 Å². The molecule has 0 fully saturated rings. The number of hydrogen-bond donors (Lipinski definition) is 0. The lowest BCUT2D eigenvalue weighted by Gasteiger charge is -2.10. The molecule has 7 heteroatoms. The van der Waals surface area contributed by atoms with Gasteiger partial charge in [0.15, 0.2) is 0 Å². The first-order valence-electron chi connectivity index (χ1n) is 11.3. The van der Waals surface area contributed by atoms with E-state index < -0.39 is 0 Å². The summed E-state index contributed by atoms with van der Waals surface area (Å²) in [4.78, 5) is 24.6. The van der Waals surface area contributed by atoms with E-state index in [1.54, 1.807) is 15.6 Å². The maximum Gasteiger partial charge on any atom is 0.310 e. The van der Waals surface area contributed by atoms with Crippen LogP contribution in [0.3, 0.4) is 0 Å². The zero-order valence-corrected chi connectivity index (χ0v) is 19.6. The Hall–Kier alpha value is -4.00. The number of hydrogen-bond acceptors (Lipinski definition) is 5. The van der Waals surface area contributed by atoms with Gasteiger partial charge in [-0.25, -0.2) is 4.68 Å². The van der Waals surface area contributed by atoms with Crippen LogP contribution < -0.4 is 5.43 Å². The van der Waals surface area contributed by atoms with Crippen LogP contribution >= 0.6 is 0 Å². The van der Waals surface area contributed by atoms with Crippen LogP contribution in [0.5, 0.6) is 0 Å². The van der Waals surface area contributed by atoms with Gasteiger partial charge in [-0.05, 0) is 34.7 Å². The Bertz CT molecular complexity index is 1350. The molecule has 2 aromatic heterocycles. The highest BCUT2D eigenvalue weighted by Gasteiger charge is 2.10. The van der Waals surface area contributed by atoms with Crippen molar-refractivity contribution in [1.29, 1.82) is 0 Å². The molecule has 174 valence electrons. The van der Waals surface area contributed by atoms with E-state index in [4.69, 9.17) is 4.74 Å². The van der Waals surface area contributed by atoms with Gasteiger partial charge in [-0.3, -0.25) is 14.3 Å². The zero-order valence-electron chi connectivity index (χ0n) is 19.6. The van der Waals surface area contributed by atoms with E-state index in [0.717, 1.165) is 27.9 Å². The van der Waals surface area contributed by atoms with Gasteiger partial charge < -0.3 is 4.74 Å². The Labute approximate surface area is 198 Å². The van der Waals surface area contributed by atoms with Gasteiger partial charge in [0.05, 0.1) is 24.9 Å². The highest BCUT2D eigenvalue weighted by Crippen LogP contribution is 2.21. The van der Waals surface area contributed by atoms with Crippen molar-refractivity contribution in [3.8, 4) is 16.8 Å². The topological polar surface area (TPSA) is 79.0 Å². The maximum atomic E-state index is 12.5. The fourth-order valence-electron chi connectivity index (χ4n) is 3.63. The average Bonchev–Trinajstić information content (AvgIpc) is 3.26. The molecule has 0 saturated heterocycles. The quantitative estimate of drug-likeness (QED) is 0.375. The molecule has 0 amide bonds. The normalized spacial score (nSPS) is 11.1. The predicted octanol–water partition coefficient (Wildman–Crippen LogP) is 3.97. The third kappa shape index (κ3) is 5.86. The van der Waals surface area contributed by atoms with Crippen molar-refractivity contribution in [2.75, 3.05) is 6.61 Å². The molecule has 0 N–H and O–H groups in total. The smallest absolute Gasteiger partial charge is 0.310 e. The van der Waals surface area contributed by atoms with Crippen LogP contribution in [-0.2, 0) is 29.4 Å². The first-order chi connectivity index (χ1) is 16.4. The van der Waals surface area contributed by atoms with E-state index in [9.17, 15) is 9.59 Å². The molecule has 0 aliphatic carbocycles. The molecule has 0 unspecified atom stereocenters. The fraction of sp³-hybridized carbons (Fsp3) is 0.259. The molecular weight excluding hydrogens is 428 g/mol. The molecule has 0 aliphatic heterocycles. The SMILES string of the molecule is CC(C)COC(=O)Cc1cccc(Cc2nn(-c3cccc(-c4cnn(C)c4)c3)ccc2=O)c1. The van der Waals surface area contributed by atoms with Crippen molar-refractivity contribution >= 4 is 5.97 Å². The Morgan fingerprint density at radius 2 is 1.82 bits per heavy atom. The summed E-state index contributed by atoms with van der Waals surface area (Å²) in [5.74, 6) is 0.0474. The number of carbonyl (C=O) groups excluding carboxylic acids is 1. The number of nitrogens with zero attached hydrogens (tertiary/aromatic N) is 4. The highest BCUT2D eigenvalue weighted by atomic mass is 16.5. The van der Waals surface area contributed by atoms with Crippen LogP contribution in [0.2, 0.25) is 0 Å². The van der Waals surface area contributed by atoms with Gasteiger partial charge in [0.25, 0.3) is 0 Å². The molecule has 0 atom stereocenters. The molecule has 2 heterocycles. The lowest BCUT2D eigenvalue weighted by Crippen LogP contribution is -2.16. The third-order valence-electron chi connectivity index (χ3n) is 5.32. The minimum absolute atomic E-state index is 0.124. The van der Waals surface area contributed by atoms with E-state index in [0.29, 0.717) is 24.6 Å². The Balaban J connectivity index is 1.54. The van der Waals surface area contributed by atoms with Crippen LogP contribution in [0, 0.1) is 5.92 Å². The number of aromatic nitrogens is 4. The Morgan fingerprint density at radius 1 is 1.03 bits per heavy atom. The van der Waals surface area contributed by atoms with E-state index in [1.807, 2.05) is 81.8 Å². The van der Waals surface area contributed by atoms with Crippen molar-refractivity contribution < 1.29 is 9.53 Å². The van der Waals surface area contributed by atoms with Gasteiger partial charge in [0.1, 0.15) is 5.69 Å². The molecule has 2 aromatic carbocycles. The van der Waals surface area contributed by atoms with Gasteiger partial charge in [0, 0.05) is 37.5 Å². The molecule has 34 heavy (non-hydrogen) atoms. The molecule has 4 aromatic rings. The van der Waals surface area contributed by atoms with Gasteiger partial charge in [-0.2, -0.15) is 10.2 Å². The van der Waals surface area contributed by atoms with E-state index in [1.165, 1.54) is 6.07 Å². The molecule has 0 saturated carbocycles. The van der Waals surface area contributed by atoms with Crippen LogP contribution in [0.4, 0.5) is 0 Å². The maximum absolute atomic E-state index is 12.5. The fourth-order valence-corrected chi connectivity index (χ4v) is 3.63. The number of carbonyl (C=O) groups is 1. The molecule has 0 radical (unpaired) electrons. The van der Waals surface area contributed by atoms with Crippen molar-refractivity contribution in [2.45, 2.75) is 26.7 Å². The second-order valence-electron chi connectivity index (χ2n) is 8.77. The van der Waals surface area contributed by atoms with E-state index >= 15 is 0 Å². The minimum Gasteiger partial charge on any atom is -0.465 e. The van der Waals surface area contributed by atoms with E-state index in [-0.39, 0.29) is 17.8 Å². The summed E-state index contributed by atoms with van der Waals surface area (Å²) >= 11 is 0. The predicted molar refractivity (Wildman–Crippen MR) is 131 cm³/mol. The average molecular weight is 457 g/mol. The monoisotopic (exact) mass is 456 g/mol. The van der Waals surface area contributed by atoms with Gasteiger partial charge >= 0.3 is 5.97 Å². The Kier molecular flexibility index (Phi) is 7.01. The standard InChI is InChI=1S/C27H28N4O3/c1-19(2)18-34-27(33)14-21-7-4-6-20(12-21)13-25-26(32)10-11-31(29-25)24-9-5-8-22(15-24)23-16-28-30(3)17-23/h4-12,15-17,19H,13-14,18H2,1-3H3. The number of esters is 1. The van der Waals surface area contributed by atoms with Crippen molar-refractivity contribution in [2.24, 2.45) is 13.0 Å². The Morgan fingerprint density at radius 3 is 2.59 bits per heavy atom. The molecule has 4 rings (SSSR count). The number of rotatable bonds is 8. The lowest BCUT2D eigenvalue weighted by molar-refractivity contribution is -0.143. The molecule has 0 aliphatic rings. The number of benzene rings is 2. The molecule has 0 bridgehead atoms. The molecule has 7 nitrogen and oxygen atoms in total. The highest BCUT2D eigenvalue weighted by molar-refractivity contribution is 5.72. The minimum atomic E-state index is -0.250. The van der Waals surface area contributed by atoms with Gasteiger partial charge in [-0.1, -0.05) is 50.2 Å². The summed E-state index contributed by atoms with van der Waals surface area (Å²) in [6.45, 7) is 4.42. The van der Waals surface area contributed by atoms with Gasteiger partial charge in [-0.15, -0.1) is 0 Å². The van der Waals surface area contributed by atoms with Crippen LogP contribution in [-0.4, -0.2) is 32.1 Å². The molecule has 0 spiro atoms. The summed E-state index contributed by atoms with van der Waals surface area (Å²) in [5.41, 5.74) is 4.96. The number of aryl methyl sites for hydroxylation is 1. The second kappa shape index (κ2) is 10.3. The summed E-state index contributed by atoms with van der Waals surface area (Å²) in [5, 5.41) is 8.84. The van der Waals surface area contributed by atoms with Crippen LogP contribution in [0.25, 0.3) is 16.8 Å². The van der Waals surface area contributed by atoms with Crippen molar-refractivity contribution in [1.82, 2.24) is 19.6 Å². The second-order valence-corrected chi connectivity index (χ2v) is 8.77. The largest absolute Gasteiger partial charge is 0.465 e. The molecular formula is C27H28N4O3. The van der Waals surface area contributed by atoms with Crippen LogP contribution in [0.15, 0.2) is 78.0 Å². The third-order valence-corrected chi connectivity index (χ3v) is 5.32. The lowest BCUT2D eigenvalue weighted by atomic mass is 10.0. The van der Waals surface area contributed by atoms with Crippen LogP contribution in [0.1, 0.15) is 30.7 Å². The first-order valence-corrected chi connectivity index (χ1v) is 11.3.